The van der Waals surface area contributed by atoms with E-state index in [1.54, 1.807) is 0 Å². The van der Waals surface area contributed by atoms with E-state index >= 15 is 0 Å². The second-order valence-electron chi connectivity index (χ2n) is 7.99. The summed E-state index contributed by atoms with van der Waals surface area (Å²) in [5.41, 5.74) is 2.61. The molecule has 0 bridgehead atoms. The molecule has 3 aromatic rings. The molecule has 0 saturated carbocycles. The van der Waals surface area contributed by atoms with Crippen molar-refractivity contribution < 1.29 is 19.1 Å². The van der Waals surface area contributed by atoms with Gasteiger partial charge in [0.2, 0.25) is 17.8 Å². The van der Waals surface area contributed by atoms with Crippen LogP contribution in [-0.2, 0) is 11.2 Å². The fourth-order valence-electron chi connectivity index (χ4n) is 3.48. The minimum absolute atomic E-state index is 0.0889. The number of amides is 3. The number of ether oxygens (including phenoxy) is 2. The van der Waals surface area contributed by atoms with E-state index in [4.69, 9.17) is 9.47 Å². The lowest BCUT2D eigenvalue weighted by atomic mass is 9.98. The van der Waals surface area contributed by atoms with Crippen LogP contribution in [0.25, 0.3) is 10.6 Å². The van der Waals surface area contributed by atoms with Gasteiger partial charge in [-0.15, -0.1) is 10.2 Å². The molecular formula is C24H27N5O4S. The van der Waals surface area contributed by atoms with Crippen LogP contribution in [0, 0.1) is 5.92 Å². The average Bonchev–Trinajstić information content (AvgIpc) is 3.51. The number of carbonyl (C=O) groups is 2. The molecule has 0 radical (unpaired) electrons. The van der Waals surface area contributed by atoms with E-state index in [9.17, 15) is 9.59 Å². The van der Waals surface area contributed by atoms with E-state index in [0.29, 0.717) is 33.7 Å². The molecule has 34 heavy (non-hydrogen) atoms. The SMILES string of the molecule is CCc1cccc(NC(=O)NC(C(=O)Nc2nnc(-c3ccc4c(c3)OCO4)s2)C(C)CC)c1. The zero-order valence-electron chi connectivity index (χ0n) is 19.3. The van der Waals surface area contributed by atoms with E-state index < -0.39 is 12.1 Å². The van der Waals surface area contributed by atoms with Crippen LogP contribution in [0.3, 0.4) is 0 Å². The Morgan fingerprint density at radius 2 is 1.88 bits per heavy atom. The summed E-state index contributed by atoms with van der Waals surface area (Å²) in [5, 5.41) is 17.7. The molecule has 178 valence electrons. The highest BCUT2D eigenvalue weighted by Gasteiger charge is 2.27. The molecule has 4 rings (SSSR count). The summed E-state index contributed by atoms with van der Waals surface area (Å²) in [5.74, 6) is 0.896. The summed E-state index contributed by atoms with van der Waals surface area (Å²) in [4.78, 5) is 25.7. The maximum Gasteiger partial charge on any atom is 0.319 e. The van der Waals surface area contributed by atoms with Crippen LogP contribution in [0.2, 0.25) is 0 Å². The van der Waals surface area contributed by atoms with Gasteiger partial charge in [-0.3, -0.25) is 10.1 Å². The van der Waals surface area contributed by atoms with E-state index in [1.807, 2.05) is 63.2 Å². The number of hydrogen-bond acceptors (Lipinski definition) is 7. The lowest BCUT2D eigenvalue weighted by Crippen LogP contribution is -2.49. The zero-order chi connectivity index (χ0) is 24.1. The molecule has 0 saturated heterocycles. The molecule has 1 aromatic heterocycles. The van der Waals surface area contributed by atoms with E-state index in [2.05, 4.69) is 26.1 Å². The number of aromatic nitrogens is 2. The van der Waals surface area contributed by atoms with Crippen molar-refractivity contribution in [1.82, 2.24) is 15.5 Å². The molecule has 2 aromatic carbocycles. The highest BCUT2D eigenvalue weighted by molar-refractivity contribution is 7.18. The van der Waals surface area contributed by atoms with Crippen molar-refractivity contribution in [3.8, 4) is 22.1 Å². The fraction of sp³-hybridized carbons (Fsp3) is 0.333. The van der Waals surface area contributed by atoms with Gasteiger partial charge in [-0.05, 0) is 48.2 Å². The third kappa shape index (κ3) is 5.45. The molecule has 3 amide bonds. The van der Waals surface area contributed by atoms with Crippen LogP contribution in [0.5, 0.6) is 11.5 Å². The van der Waals surface area contributed by atoms with Gasteiger partial charge < -0.3 is 20.1 Å². The molecule has 9 nitrogen and oxygen atoms in total. The third-order valence-corrected chi connectivity index (χ3v) is 6.54. The third-order valence-electron chi connectivity index (χ3n) is 5.65. The Bertz CT molecular complexity index is 1180. The van der Waals surface area contributed by atoms with Crippen LogP contribution in [0.1, 0.15) is 32.8 Å². The number of nitrogens with one attached hydrogen (secondary N) is 3. The number of rotatable bonds is 8. The first kappa shape index (κ1) is 23.5. The van der Waals surface area contributed by atoms with Gasteiger partial charge in [0, 0.05) is 11.3 Å². The largest absolute Gasteiger partial charge is 0.454 e. The van der Waals surface area contributed by atoms with E-state index in [0.717, 1.165) is 17.5 Å². The first-order chi connectivity index (χ1) is 16.5. The number of nitrogens with zero attached hydrogens (tertiary/aromatic N) is 2. The van der Waals surface area contributed by atoms with Crippen molar-refractivity contribution in [3.05, 3.63) is 48.0 Å². The standard InChI is InChI=1S/C24H27N5O4S/c1-4-14(3)20(26-23(31)25-17-8-6-7-15(5-2)11-17)21(30)27-24-29-28-22(34-24)16-9-10-18-19(12-16)33-13-32-18/h6-12,14,20H,4-5,13H2,1-3H3,(H2,25,26,31)(H,27,29,30). The predicted octanol–water partition coefficient (Wildman–Crippen LogP) is 4.67. The van der Waals surface area contributed by atoms with Gasteiger partial charge in [-0.1, -0.05) is 50.7 Å². The van der Waals surface area contributed by atoms with Crippen LogP contribution < -0.4 is 25.4 Å². The Hall–Kier alpha value is -3.66. The Kier molecular flexibility index (Phi) is 7.27. The van der Waals surface area contributed by atoms with Crippen molar-refractivity contribution in [2.45, 2.75) is 39.7 Å². The molecule has 0 fully saturated rings. The molecule has 1 aliphatic rings. The summed E-state index contributed by atoms with van der Waals surface area (Å²) in [6.45, 7) is 6.13. The van der Waals surface area contributed by atoms with E-state index in [1.165, 1.54) is 11.3 Å². The Balaban J connectivity index is 1.42. The van der Waals surface area contributed by atoms with Crippen molar-refractivity contribution >= 4 is 34.1 Å². The molecule has 2 atom stereocenters. The predicted molar refractivity (Wildman–Crippen MR) is 131 cm³/mol. The minimum Gasteiger partial charge on any atom is -0.454 e. The quantitative estimate of drug-likeness (QED) is 0.431. The van der Waals surface area contributed by atoms with Gasteiger partial charge in [-0.25, -0.2) is 4.79 Å². The Morgan fingerprint density at radius 3 is 2.68 bits per heavy atom. The van der Waals surface area contributed by atoms with Gasteiger partial charge in [0.05, 0.1) is 0 Å². The highest BCUT2D eigenvalue weighted by atomic mass is 32.1. The molecule has 1 aliphatic heterocycles. The molecular weight excluding hydrogens is 454 g/mol. The highest BCUT2D eigenvalue weighted by Crippen LogP contribution is 2.37. The van der Waals surface area contributed by atoms with E-state index in [-0.39, 0.29) is 18.6 Å². The number of aryl methyl sites for hydroxylation is 1. The maximum absolute atomic E-state index is 13.0. The Morgan fingerprint density at radius 1 is 1.06 bits per heavy atom. The molecule has 0 aliphatic carbocycles. The number of anilines is 2. The normalized spacial score (nSPS) is 13.7. The maximum atomic E-state index is 13.0. The summed E-state index contributed by atoms with van der Waals surface area (Å²) in [6, 6.07) is 11.9. The van der Waals surface area contributed by atoms with Gasteiger partial charge >= 0.3 is 6.03 Å². The van der Waals surface area contributed by atoms with Crippen LogP contribution in [-0.4, -0.2) is 35.0 Å². The molecule has 2 heterocycles. The van der Waals surface area contributed by atoms with Gasteiger partial charge in [-0.2, -0.15) is 0 Å². The van der Waals surface area contributed by atoms with Crippen LogP contribution in [0.4, 0.5) is 15.6 Å². The fourth-order valence-corrected chi connectivity index (χ4v) is 4.23. The van der Waals surface area contributed by atoms with Gasteiger partial charge in [0.1, 0.15) is 11.0 Å². The lowest BCUT2D eigenvalue weighted by Gasteiger charge is -2.23. The van der Waals surface area contributed by atoms with Gasteiger partial charge in [0.25, 0.3) is 0 Å². The number of hydrogen-bond donors (Lipinski definition) is 3. The summed E-state index contributed by atoms with van der Waals surface area (Å²) in [6.07, 6.45) is 1.58. The summed E-state index contributed by atoms with van der Waals surface area (Å²) < 4.78 is 10.7. The van der Waals surface area contributed by atoms with Crippen molar-refractivity contribution in [2.75, 3.05) is 17.4 Å². The number of urea groups is 1. The monoisotopic (exact) mass is 481 g/mol. The first-order valence-corrected chi connectivity index (χ1v) is 12.0. The second-order valence-corrected chi connectivity index (χ2v) is 8.96. The van der Waals surface area contributed by atoms with Crippen LogP contribution in [0.15, 0.2) is 42.5 Å². The first-order valence-electron chi connectivity index (χ1n) is 11.2. The molecule has 10 heteroatoms. The molecule has 0 spiro atoms. The number of fused-ring (bicyclic) bond motifs is 1. The molecule has 3 N–H and O–H groups in total. The smallest absolute Gasteiger partial charge is 0.319 e. The summed E-state index contributed by atoms with van der Waals surface area (Å²) >= 11 is 1.24. The zero-order valence-corrected chi connectivity index (χ0v) is 20.1. The summed E-state index contributed by atoms with van der Waals surface area (Å²) in [7, 11) is 0. The second kappa shape index (κ2) is 10.5. The van der Waals surface area contributed by atoms with Crippen molar-refractivity contribution in [1.29, 1.82) is 0 Å². The number of carbonyl (C=O) groups excluding carboxylic acids is 2. The topological polar surface area (TPSA) is 114 Å². The average molecular weight is 482 g/mol. The van der Waals surface area contributed by atoms with Crippen molar-refractivity contribution in [2.24, 2.45) is 5.92 Å². The number of benzene rings is 2. The van der Waals surface area contributed by atoms with Gasteiger partial charge in [0.15, 0.2) is 11.5 Å². The Labute approximate surface area is 201 Å². The molecule has 2 unspecified atom stereocenters. The minimum atomic E-state index is -0.739. The van der Waals surface area contributed by atoms with Crippen molar-refractivity contribution in [3.63, 3.8) is 0 Å². The van der Waals surface area contributed by atoms with Crippen LogP contribution >= 0.6 is 11.3 Å². The lowest BCUT2D eigenvalue weighted by molar-refractivity contribution is -0.119.